The molecule has 0 radical (unpaired) electrons. The zero-order chi connectivity index (χ0) is 15.7. The lowest BCUT2D eigenvalue weighted by Gasteiger charge is -2.05. The van der Waals surface area contributed by atoms with Gasteiger partial charge in [-0.05, 0) is 42.7 Å². The Morgan fingerprint density at radius 3 is 2.48 bits per heavy atom. The molecular weight excluding hydrogens is 324 g/mol. The SMILES string of the molecule is C=C(/C=C\C=C/C)C(/C=C(\O)c1ccc(Br)cc1)=C/CC. The molecule has 0 aromatic heterocycles. The number of benzene rings is 1. The molecule has 0 fully saturated rings. The lowest BCUT2D eigenvalue weighted by Crippen LogP contribution is -1.87. The van der Waals surface area contributed by atoms with Gasteiger partial charge >= 0.3 is 0 Å². The predicted octanol–water partition coefficient (Wildman–Crippen LogP) is 6.37. The Hall–Kier alpha value is -1.80. The van der Waals surface area contributed by atoms with Gasteiger partial charge in [0.2, 0.25) is 0 Å². The Morgan fingerprint density at radius 2 is 1.90 bits per heavy atom. The third-order valence-corrected chi connectivity index (χ3v) is 3.36. The lowest BCUT2D eigenvalue weighted by atomic mass is 10.0. The van der Waals surface area contributed by atoms with Crippen LogP contribution < -0.4 is 0 Å². The quantitative estimate of drug-likeness (QED) is 0.469. The molecule has 1 N–H and O–H groups in total. The maximum Gasteiger partial charge on any atom is 0.123 e. The van der Waals surface area contributed by atoms with Crippen LogP contribution in [0.25, 0.3) is 5.76 Å². The van der Waals surface area contributed by atoms with E-state index in [1.165, 1.54) is 0 Å². The van der Waals surface area contributed by atoms with E-state index in [9.17, 15) is 5.11 Å². The minimum Gasteiger partial charge on any atom is -0.507 e. The summed E-state index contributed by atoms with van der Waals surface area (Å²) < 4.78 is 0.988. The Balaban J connectivity index is 3.01. The Morgan fingerprint density at radius 1 is 1.24 bits per heavy atom. The molecule has 0 atom stereocenters. The fraction of sp³-hybridized carbons (Fsp3) is 0.158. The van der Waals surface area contributed by atoms with Crippen molar-refractivity contribution in [2.75, 3.05) is 0 Å². The van der Waals surface area contributed by atoms with Crippen LogP contribution in [0.15, 0.2) is 82.9 Å². The molecular formula is C19H21BrO. The lowest BCUT2D eigenvalue weighted by molar-refractivity contribution is 0.511. The van der Waals surface area contributed by atoms with Crippen LogP contribution in [0.4, 0.5) is 0 Å². The van der Waals surface area contributed by atoms with E-state index in [4.69, 9.17) is 0 Å². The highest BCUT2D eigenvalue weighted by Crippen LogP contribution is 2.20. The molecule has 0 heterocycles. The molecule has 1 nitrogen and oxygen atoms in total. The summed E-state index contributed by atoms with van der Waals surface area (Å²) in [4.78, 5) is 0. The molecule has 0 bridgehead atoms. The Labute approximate surface area is 135 Å². The van der Waals surface area contributed by atoms with Gasteiger partial charge in [0.25, 0.3) is 0 Å². The third kappa shape index (κ3) is 6.01. The first-order valence-electron chi connectivity index (χ1n) is 6.93. The standard InChI is InChI=1S/C19H21BrO/c1-4-6-7-9-15(3)17(8-5-2)14-19(21)16-10-12-18(20)13-11-16/h4,6-14,21H,3,5H2,1-2H3/b6-4-,9-7-,17-8+,19-14-. The summed E-state index contributed by atoms with van der Waals surface area (Å²) in [5.41, 5.74) is 2.59. The van der Waals surface area contributed by atoms with Gasteiger partial charge in [-0.25, -0.2) is 0 Å². The number of hydrogen-bond acceptors (Lipinski definition) is 1. The number of hydrogen-bond donors (Lipinski definition) is 1. The Bertz CT molecular complexity index is 586. The molecule has 0 aliphatic carbocycles. The largest absolute Gasteiger partial charge is 0.507 e. The van der Waals surface area contributed by atoms with Gasteiger partial charge in [-0.15, -0.1) is 0 Å². The van der Waals surface area contributed by atoms with Gasteiger partial charge < -0.3 is 5.11 Å². The van der Waals surface area contributed by atoms with Gasteiger partial charge in [0, 0.05) is 10.0 Å². The van der Waals surface area contributed by atoms with Crippen LogP contribution in [0.3, 0.4) is 0 Å². The van der Waals surface area contributed by atoms with Crippen molar-refractivity contribution in [1.29, 1.82) is 0 Å². The molecule has 0 saturated carbocycles. The summed E-state index contributed by atoms with van der Waals surface area (Å²) in [6.45, 7) is 8.08. The highest BCUT2D eigenvalue weighted by Gasteiger charge is 2.02. The van der Waals surface area contributed by atoms with Gasteiger partial charge in [-0.2, -0.15) is 0 Å². The highest BCUT2D eigenvalue weighted by molar-refractivity contribution is 9.10. The number of rotatable bonds is 6. The molecule has 1 aromatic carbocycles. The van der Waals surface area contributed by atoms with Crippen LogP contribution in [-0.2, 0) is 0 Å². The van der Waals surface area contributed by atoms with Crippen LogP contribution in [0, 0.1) is 0 Å². The minimum absolute atomic E-state index is 0.239. The zero-order valence-corrected chi connectivity index (χ0v) is 14.1. The van der Waals surface area contributed by atoms with Crippen molar-refractivity contribution in [2.45, 2.75) is 20.3 Å². The van der Waals surface area contributed by atoms with Gasteiger partial charge in [0.1, 0.15) is 5.76 Å². The molecule has 0 amide bonds. The predicted molar refractivity (Wildman–Crippen MR) is 96.2 cm³/mol. The van der Waals surface area contributed by atoms with Gasteiger partial charge in [-0.1, -0.05) is 71.9 Å². The number of aliphatic hydroxyl groups is 1. The molecule has 0 aliphatic heterocycles. The fourth-order valence-electron chi connectivity index (χ4n) is 1.73. The molecule has 21 heavy (non-hydrogen) atoms. The number of allylic oxidation sites excluding steroid dienone is 8. The summed E-state index contributed by atoms with van der Waals surface area (Å²) in [5, 5.41) is 10.3. The van der Waals surface area contributed by atoms with E-state index < -0.39 is 0 Å². The normalized spacial score (nSPS) is 13.3. The minimum atomic E-state index is 0.239. The van der Waals surface area contributed by atoms with Crippen molar-refractivity contribution in [2.24, 2.45) is 0 Å². The van der Waals surface area contributed by atoms with Crippen molar-refractivity contribution in [3.8, 4) is 0 Å². The first-order valence-corrected chi connectivity index (χ1v) is 7.73. The van der Waals surface area contributed by atoms with Crippen LogP contribution in [0.1, 0.15) is 25.8 Å². The molecule has 0 saturated heterocycles. The molecule has 110 valence electrons. The van der Waals surface area contributed by atoms with E-state index in [1.54, 1.807) is 6.08 Å². The van der Waals surface area contributed by atoms with E-state index >= 15 is 0 Å². The average Bonchev–Trinajstić information content (AvgIpc) is 2.47. The average molecular weight is 345 g/mol. The summed E-state index contributed by atoms with van der Waals surface area (Å²) >= 11 is 3.39. The summed E-state index contributed by atoms with van der Waals surface area (Å²) in [6.07, 6.45) is 12.5. The van der Waals surface area contributed by atoms with Crippen LogP contribution in [-0.4, -0.2) is 5.11 Å². The van der Waals surface area contributed by atoms with Crippen molar-refractivity contribution < 1.29 is 5.11 Å². The third-order valence-electron chi connectivity index (χ3n) is 2.83. The van der Waals surface area contributed by atoms with Crippen molar-refractivity contribution in [3.63, 3.8) is 0 Å². The van der Waals surface area contributed by atoms with Crippen molar-refractivity contribution in [3.05, 3.63) is 88.5 Å². The maximum absolute atomic E-state index is 10.3. The molecule has 1 rings (SSSR count). The van der Waals surface area contributed by atoms with E-state index in [1.807, 2.05) is 55.5 Å². The summed E-state index contributed by atoms with van der Waals surface area (Å²) in [5.74, 6) is 0.239. The monoisotopic (exact) mass is 344 g/mol. The number of aliphatic hydroxyl groups excluding tert-OH is 1. The molecule has 0 spiro atoms. The fourth-order valence-corrected chi connectivity index (χ4v) is 2.00. The summed E-state index contributed by atoms with van der Waals surface area (Å²) in [6, 6.07) is 7.56. The first-order chi connectivity index (χ1) is 10.1. The Kier molecular flexibility index (Phi) is 7.55. The van der Waals surface area contributed by atoms with E-state index in [0.717, 1.165) is 27.6 Å². The second-order valence-electron chi connectivity index (χ2n) is 4.51. The molecule has 2 heteroatoms. The van der Waals surface area contributed by atoms with E-state index in [0.29, 0.717) is 0 Å². The maximum atomic E-state index is 10.3. The molecule has 0 unspecified atom stereocenters. The second kappa shape index (κ2) is 9.19. The topological polar surface area (TPSA) is 20.2 Å². The van der Waals surface area contributed by atoms with Gasteiger partial charge in [-0.3, -0.25) is 0 Å². The highest BCUT2D eigenvalue weighted by atomic mass is 79.9. The molecule has 1 aromatic rings. The smallest absolute Gasteiger partial charge is 0.123 e. The van der Waals surface area contributed by atoms with Gasteiger partial charge in [0.05, 0.1) is 0 Å². The first kappa shape index (κ1) is 17.3. The zero-order valence-electron chi connectivity index (χ0n) is 12.5. The molecule has 0 aliphatic rings. The second-order valence-corrected chi connectivity index (χ2v) is 5.43. The van der Waals surface area contributed by atoms with Crippen LogP contribution in [0.2, 0.25) is 0 Å². The number of halogens is 1. The van der Waals surface area contributed by atoms with E-state index in [-0.39, 0.29) is 5.76 Å². The van der Waals surface area contributed by atoms with Gasteiger partial charge in [0.15, 0.2) is 0 Å². The summed E-state index contributed by atoms with van der Waals surface area (Å²) in [7, 11) is 0. The van der Waals surface area contributed by atoms with Crippen molar-refractivity contribution >= 4 is 21.7 Å². The van der Waals surface area contributed by atoms with E-state index in [2.05, 4.69) is 35.5 Å². The van der Waals surface area contributed by atoms with Crippen LogP contribution >= 0.6 is 15.9 Å². The van der Waals surface area contributed by atoms with Crippen molar-refractivity contribution in [1.82, 2.24) is 0 Å². The van der Waals surface area contributed by atoms with Crippen LogP contribution in [0.5, 0.6) is 0 Å².